The van der Waals surface area contributed by atoms with Crippen LogP contribution >= 0.6 is 0 Å². The molecule has 0 radical (unpaired) electrons. The summed E-state index contributed by atoms with van der Waals surface area (Å²) in [4.78, 5) is 22.4. The van der Waals surface area contributed by atoms with Gasteiger partial charge in [0.25, 0.3) is 0 Å². The molecule has 0 atom stereocenters. The molecule has 5 rings (SSSR count). The summed E-state index contributed by atoms with van der Waals surface area (Å²) in [6, 6.07) is 13.6. The number of fused-ring (bicyclic) bond motifs is 1. The summed E-state index contributed by atoms with van der Waals surface area (Å²) in [5.74, 6) is 0. The molecule has 0 spiro atoms. The lowest BCUT2D eigenvalue weighted by Crippen LogP contribution is -2.45. The zero-order valence-electron chi connectivity index (χ0n) is 16.8. The fraction of sp³-hybridized carbons (Fsp3) is 0.478. The van der Waals surface area contributed by atoms with Gasteiger partial charge >= 0.3 is 5.69 Å². The Morgan fingerprint density at radius 3 is 2.48 bits per heavy atom. The monoisotopic (exact) mass is 391 g/mol. The molecular formula is C23H29N5O. The van der Waals surface area contributed by atoms with E-state index in [1.807, 2.05) is 41.2 Å². The third-order valence-electron chi connectivity index (χ3n) is 6.73. The van der Waals surface area contributed by atoms with Crippen molar-refractivity contribution < 1.29 is 0 Å². The highest BCUT2D eigenvalue weighted by Gasteiger charge is 2.30. The first kappa shape index (κ1) is 18.4. The van der Waals surface area contributed by atoms with E-state index < -0.39 is 0 Å². The van der Waals surface area contributed by atoms with Crippen molar-refractivity contribution in [3.05, 3.63) is 59.3 Å². The van der Waals surface area contributed by atoms with Crippen LogP contribution < -0.4 is 11.0 Å². The third kappa shape index (κ3) is 3.81. The number of para-hydroxylation sites is 2. The van der Waals surface area contributed by atoms with Gasteiger partial charge in [-0.2, -0.15) is 0 Å². The number of hydrogen-bond acceptors (Lipinski definition) is 4. The van der Waals surface area contributed by atoms with Gasteiger partial charge in [-0.1, -0.05) is 12.1 Å². The van der Waals surface area contributed by atoms with Crippen molar-refractivity contribution in [3.63, 3.8) is 0 Å². The quantitative estimate of drug-likeness (QED) is 0.710. The van der Waals surface area contributed by atoms with Gasteiger partial charge in [-0.3, -0.25) is 9.55 Å². The molecule has 1 aliphatic carbocycles. The Morgan fingerprint density at radius 2 is 1.72 bits per heavy atom. The summed E-state index contributed by atoms with van der Waals surface area (Å²) in [5.41, 5.74) is 3.14. The first-order chi connectivity index (χ1) is 14.3. The Balaban J connectivity index is 1.16. The van der Waals surface area contributed by atoms with E-state index in [1.165, 1.54) is 25.7 Å². The minimum atomic E-state index is 0.0339. The average molecular weight is 392 g/mol. The first-order valence-corrected chi connectivity index (χ1v) is 10.9. The fourth-order valence-electron chi connectivity index (χ4n) is 5.22. The molecule has 0 unspecified atom stereocenters. The lowest BCUT2D eigenvalue weighted by molar-refractivity contribution is 0.107. The van der Waals surface area contributed by atoms with E-state index in [1.54, 1.807) is 0 Å². The Kier molecular flexibility index (Phi) is 5.10. The minimum Gasteiger partial charge on any atom is -0.381 e. The molecule has 1 saturated carbocycles. The summed E-state index contributed by atoms with van der Waals surface area (Å²) in [5, 5.41) is 3.63. The van der Waals surface area contributed by atoms with Gasteiger partial charge in [0.05, 0.1) is 16.7 Å². The lowest BCUT2D eigenvalue weighted by Gasteiger charge is -2.41. The minimum absolute atomic E-state index is 0.0339. The highest BCUT2D eigenvalue weighted by molar-refractivity contribution is 5.75. The molecule has 0 amide bonds. The Labute approximate surface area is 171 Å². The highest BCUT2D eigenvalue weighted by Crippen LogP contribution is 2.31. The van der Waals surface area contributed by atoms with Crippen LogP contribution in [0.2, 0.25) is 0 Å². The molecule has 152 valence electrons. The zero-order chi connectivity index (χ0) is 19.6. The Morgan fingerprint density at radius 1 is 0.931 bits per heavy atom. The van der Waals surface area contributed by atoms with Gasteiger partial charge in [-0.05, 0) is 62.8 Å². The van der Waals surface area contributed by atoms with E-state index in [9.17, 15) is 4.79 Å². The normalized spacial score (nSPS) is 24.0. The standard InChI is InChI=1S/C23H29N5O/c29-23-26-21-5-1-2-6-22(21)28(23)20-11-14-27(15-12-20)19-9-7-17(8-10-19)25-18-4-3-13-24-16-18/h1-6,13,16-17,19-20,25H,7-12,14-15H2,(H,26,29)/t17-,19-. The number of H-pyrrole nitrogens is 1. The summed E-state index contributed by atoms with van der Waals surface area (Å²) >= 11 is 0. The average Bonchev–Trinajstić information content (AvgIpc) is 3.11. The predicted molar refractivity (Wildman–Crippen MR) is 116 cm³/mol. The van der Waals surface area contributed by atoms with Crippen LogP contribution in [0.5, 0.6) is 0 Å². The van der Waals surface area contributed by atoms with Crippen molar-refractivity contribution >= 4 is 16.7 Å². The number of imidazole rings is 1. The number of piperidine rings is 1. The molecule has 2 aliphatic rings. The summed E-state index contributed by atoms with van der Waals surface area (Å²) < 4.78 is 1.99. The maximum atomic E-state index is 12.5. The van der Waals surface area contributed by atoms with Crippen molar-refractivity contribution in [2.75, 3.05) is 18.4 Å². The topological polar surface area (TPSA) is 66.0 Å². The number of benzene rings is 1. The number of aromatic amines is 1. The Hall–Kier alpha value is -2.60. The molecule has 3 heterocycles. The molecule has 6 nitrogen and oxygen atoms in total. The number of nitrogens with one attached hydrogen (secondary N) is 2. The fourth-order valence-corrected chi connectivity index (χ4v) is 5.22. The number of likely N-dealkylation sites (tertiary alicyclic amines) is 1. The van der Waals surface area contributed by atoms with E-state index in [4.69, 9.17) is 0 Å². The SMILES string of the molecule is O=c1[nH]c2ccccc2n1C1CCN([C@H]2CC[C@H](Nc3cccnc3)CC2)CC1. The Bertz CT molecular complexity index is 995. The lowest BCUT2D eigenvalue weighted by atomic mass is 9.88. The van der Waals surface area contributed by atoms with Gasteiger partial charge in [0, 0.05) is 43.6 Å². The van der Waals surface area contributed by atoms with Gasteiger partial charge < -0.3 is 15.2 Å². The van der Waals surface area contributed by atoms with Crippen molar-refractivity contribution in [1.82, 2.24) is 19.4 Å². The number of hydrogen-bond donors (Lipinski definition) is 2. The van der Waals surface area contributed by atoms with Crippen molar-refractivity contribution in [2.24, 2.45) is 0 Å². The van der Waals surface area contributed by atoms with E-state index >= 15 is 0 Å². The molecular weight excluding hydrogens is 362 g/mol. The molecule has 2 aromatic heterocycles. The molecule has 1 saturated heterocycles. The predicted octanol–water partition coefficient (Wildman–Crippen LogP) is 3.78. The van der Waals surface area contributed by atoms with Crippen molar-refractivity contribution in [3.8, 4) is 0 Å². The maximum Gasteiger partial charge on any atom is 0.326 e. The number of anilines is 1. The van der Waals surface area contributed by atoms with Gasteiger partial charge in [0.15, 0.2) is 0 Å². The van der Waals surface area contributed by atoms with Gasteiger partial charge in [0.2, 0.25) is 0 Å². The van der Waals surface area contributed by atoms with E-state index in [-0.39, 0.29) is 5.69 Å². The molecule has 3 aromatic rings. The molecule has 2 fully saturated rings. The molecule has 29 heavy (non-hydrogen) atoms. The smallest absolute Gasteiger partial charge is 0.326 e. The van der Waals surface area contributed by atoms with E-state index in [2.05, 4.69) is 32.3 Å². The second-order valence-electron chi connectivity index (χ2n) is 8.48. The van der Waals surface area contributed by atoms with Gasteiger partial charge in [-0.25, -0.2) is 4.79 Å². The number of aromatic nitrogens is 3. The van der Waals surface area contributed by atoms with E-state index in [0.29, 0.717) is 18.1 Å². The van der Waals surface area contributed by atoms with Crippen LogP contribution in [-0.2, 0) is 0 Å². The third-order valence-corrected chi connectivity index (χ3v) is 6.73. The summed E-state index contributed by atoms with van der Waals surface area (Å²) in [6.45, 7) is 2.17. The molecule has 1 aliphatic heterocycles. The number of rotatable bonds is 4. The summed E-state index contributed by atoms with van der Waals surface area (Å²) in [7, 11) is 0. The van der Waals surface area contributed by atoms with Crippen LogP contribution in [0.1, 0.15) is 44.6 Å². The second kappa shape index (κ2) is 8.03. The van der Waals surface area contributed by atoms with Crippen LogP contribution in [-0.4, -0.2) is 44.6 Å². The molecule has 6 heteroatoms. The maximum absolute atomic E-state index is 12.5. The highest BCUT2D eigenvalue weighted by atomic mass is 16.1. The first-order valence-electron chi connectivity index (χ1n) is 10.9. The van der Waals surface area contributed by atoms with Crippen LogP contribution in [0.15, 0.2) is 53.6 Å². The van der Waals surface area contributed by atoms with Crippen molar-refractivity contribution in [1.29, 1.82) is 0 Å². The molecule has 1 aromatic carbocycles. The number of nitrogens with zero attached hydrogens (tertiary/aromatic N) is 3. The largest absolute Gasteiger partial charge is 0.381 e. The molecule has 0 bridgehead atoms. The van der Waals surface area contributed by atoms with Crippen LogP contribution in [0, 0.1) is 0 Å². The van der Waals surface area contributed by atoms with Gasteiger partial charge in [-0.15, -0.1) is 0 Å². The van der Waals surface area contributed by atoms with E-state index in [0.717, 1.165) is 42.7 Å². The second-order valence-corrected chi connectivity index (χ2v) is 8.48. The summed E-state index contributed by atoms with van der Waals surface area (Å²) in [6.07, 6.45) is 10.7. The molecule has 2 N–H and O–H groups in total. The van der Waals surface area contributed by atoms with Crippen LogP contribution in [0.25, 0.3) is 11.0 Å². The van der Waals surface area contributed by atoms with Crippen molar-refractivity contribution in [2.45, 2.75) is 56.7 Å². The number of pyridine rings is 1. The van der Waals surface area contributed by atoms with Crippen LogP contribution in [0.4, 0.5) is 5.69 Å². The van der Waals surface area contributed by atoms with Crippen LogP contribution in [0.3, 0.4) is 0 Å². The zero-order valence-corrected chi connectivity index (χ0v) is 16.8. The van der Waals surface area contributed by atoms with Gasteiger partial charge in [0.1, 0.15) is 0 Å².